The van der Waals surface area contributed by atoms with Gasteiger partial charge in [-0.05, 0) is 43.2 Å². The van der Waals surface area contributed by atoms with Crippen molar-refractivity contribution in [2.24, 2.45) is 0 Å². The van der Waals surface area contributed by atoms with Crippen LogP contribution in [-0.2, 0) is 0 Å². The molecule has 158 valence electrons. The van der Waals surface area contributed by atoms with Crippen LogP contribution in [0, 0.1) is 5.82 Å². The second-order valence-electron chi connectivity index (χ2n) is 7.65. The van der Waals surface area contributed by atoms with Gasteiger partial charge in [0, 0.05) is 41.5 Å². The van der Waals surface area contributed by atoms with Gasteiger partial charge in [0.25, 0.3) is 5.91 Å². The molecule has 1 saturated heterocycles. The van der Waals surface area contributed by atoms with Crippen molar-refractivity contribution in [1.82, 2.24) is 20.1 Å². The SMILES string of the molecule is COc1ccc2cc(C(=O)N3CCC[C@H](c4nnc(-c5ccccc5F)s4)C3)[nH]c2c1. The van der Waals surface area contributed by atoms with E-state index in [1.807, 2.05) is 29.2 Å². The zero-order valence-corrected chi connectivity index (χ0v) is 17.8. The Morgan fingerprint density at radius 1 is 1.23 bits per heavy atom. The molecule has 31 heavy (non-hydrogen) atoms. The minimum absolute atomic E-state index is 0.0290. The lowest BCUT2D eigenvalue weighted by Crippen LogP contribution is -2.39. The first-order valence-electron chi connectivity index (χ1n) is 10.2. The van der Waals surface area contributed by atoms with Crippen molar-refractivity contribution in [2.75, 3.05) is 20.2 Å². The first kappa shape index (κ1) is 19.7. The lowest BCUT2D eigenvalue weighted by Gasteiger charge is -2.31. The maximum Gasteiger partial charge on any atom is 0.270 e. The van der Waals surface area contributed by atoms with Crippen LogP contribution in [0.1, 0.15) is 34.3 Å². The second kappa shape index (κ2) is 8.11. The normalized spacial score (nSPS) is 16.6. The summed E-state index contributed by atoms with van der Waals surface area (Å²) in [6.45, 7) is 1.27. The third-order valence-electron chi connectivity index (χ3n) is 5.66. The highest BCUT2D eigenvalue weighted by Gasteiger charge is 2.29. The minimum Gasteiger partial charge on any atom is -0.497 e. The van der Waals surface area contributed by atoms with Crippen molar-refractivity contribution in [3.63, 3.8) is 0 Å². The molecule has 3 heterocycles. The zero-order chi connectivity index (χ0) is 21.4. The molecule has 1 aliphatic rings. The number of H-pyrrole nitrogens is 1. The van der Waals surface area contributed by atoms with Crippen molar-refractivity contribution in [3.8, 4) is 16.3 Å². The summed E-state index contributed by atoms with van der Waals surface area (Å²) in [5.74, 6) is 0.508. The number of nitrogens with one attached hydrogen (secondary N) is 1. The smallest absolute Gasteiger partial charge is 0.270 e. The van der Waals surface area contributed by atoms with E-state index in [1.54, 1.807) is 25.3 Å². The summed E-state index contributed by atoms with van der Waals surface area (Å²) in [7, 11) is 1.62. The molecule has 2 aromatic heterocycles. The molecule has 0 radical (unpaired) electrons. The lowest BCUT2D eigenvalue weighted by atomic mass is 9.98. The largest absolute Gasteiger partial charge is 0.497 e. The fraction of sp³-hybridized carbons (Fsp3) is 0.261. The van der Waals surface area contributed by atoms with E-state index in [2.05, 4.69) is 15.2 Å². The van der Waals surface area contributed by atoms with Crippen molar-refractivity contribution in [3.05, 3.63) is 65.0 Å². The van der Waals surface area contributed by atoms with Crippen molar-refractivity contribution in [1.29, 1.82) is 0 Å². The third-order valence-corrected chi connectivity index (χ3v) is 6.78. The van der Waals surface area contributed by atoms with Crippen LogP contribution >= 0.6 is 11.3 Å². The number of aromatic nitrogens is 3. The van der Waals surface area contributed by atoms with Gasteiger partial charge in [-0.1, -0.05) is 23.5 Å². The Balaban J connectivity index is 1.35. The third kappa shape index (κ3) is 3.79. The molecule has 4 aromatic rings. The van der Waals surface area contributed by atoms with Gasteiger partial charge >= 0.3 is 0 Å². The number of nitrogens with zero attached hydrogens (tertiary/aromatic N) is 3. The van der Waals surface area contributed by atoms with E-state index in [1.165, 1.54) is 17.4 Å². The predicted molar refractivity (Wildman–Crippen MR) is 118 cm³/mol. The Labute approximate surface area is 182 Å². The van der Waals surface area contributed by atoms with Crippen LogP contribution in [-0.4, -0.2) is 46.2 Å². The van der Waals surface area contributed by atoms with Crippen molar-refractivity contribution < 1.29 is 13.9 Å². The number of hydrogen-bond acceptors (Lipinski definition) is 5. The van der Waals surface area contributed by atoms with E-state index in [0.717, 1.165) is 34.5 Å². The van der Waals surface area contributed by atoms with Crippen molar-refractivity contribution >= 4 is 28.1 Å². The van der Waals surface area contributed by atoms with E-state index >= 15 is 0 Å². The molecule has 0 aliphatic carbocycles. The summed E-state index contributed by atoms with van der Waals surface area (Å²) in [4.78, 5) is 18.2. The highest BCUT2D eigenvalue weighted by atomic mass is 32.1. The van der Waals surface area contributed by atoms with Gasteiger partial charge in [-0.15, -0.1) is 10.2 Å². The van der Waals surface area contributed by atoms with Crippen LogP contribution in [0.25, 0.3) is 21.5 Å². The summed E-state index contributed by atoms with van der Waals surface area (Å²) in [6, 6.07) is 14.2. The van der Waals surface area contributed by atoms with Gasteiger partial charge in [0.1, 0.15) is 22.3 Å². The quantitative estimate of drug-likeness (QED) is 0.496. The summed E-state index contributed by atoms with van der Waals surface area (Å²) in [5, 5.41) is 10.9. The van der Waals surface area contributed by atoms with E-state index in [0.29, 0.717) is 29.4 Å². The molecular formula is C23H21FN4O2S. The summed E-state index contributed by atoms with van der Waals surface area (Å²) in [6.07, 6.45) is 1.82. The molecule has 1 fully saturated rings. The maximum absolute atomic E-state index is 14.1. The average molecular weight is 437 g/mol. The Hall–Kier alpha value is -3.26. The average Bonchev–Trinajstić information content (AvgIpc) is 3.46. The molecule has 0 spiro atoms. The van der Waals surface area contributed by atoms with E-state index in [4.69, 9.17) is 4.74 Å². The molecule has 2 aromatic carbocycles. The van der Waals surface area contributed by atoms with Crippen LogP contribution < -0.4 is 4.74 Å². The summed E-state index contributed by atoms with van der Waals surface area (Å²) in [5.41, 5.74) is 1.90. The molecule has 0 saturated carbocycles. The Bertz CT molecular complexity index is 1250. The van der Waals surface area contributed by atoms with Gasteiger partial charge in [0.15, 0.2) is 5.01 Å². The highest BCUT2D eigenvalue weighted by molar-refractivity contribution is 7.14. The zero-order valence-electron chi connectivity index (χ0n) is 17.0. The standard InChI is InChI=1S/C23H21FN4O2S/c1-30-16-9-8-14-11-20(25-19(14)12-16)23(29)28-10-4-5-15(13-28)21-26-27-22(31-21)17-6-2-3-7-18(17)24/h2-3,6-9,11-12,15,25H,4-5,10,13H2,1H3/t15-/m0/s1. The van der Waals surface area contributed by atoms with Crippen LogP contribution in [0.5, 0.6) is 5.75 Å². The molecule has 1 N–H and O–H groups in total. The molecule has 0 unspecified atom stereocenters. The van der Waals surface area contributed by atoms with Gasteiger partial charge in [-0.25, -0.2) is 4.39 Å². The number of aromatic amines is 1. The first-order valence-corrected chi connectivity index (χ1v) is 11.0. The fourth-order valence-electron chi connectivity index (χ4n) is 4.02. The molecule has 0 bridgehead atoms. The van der Waals surface area contributed by atoms with E-state index < -0.39 is 0 Å². The molecule has 8 heteroatoms. The van der Waals surface area contributed by atoms with Gasteiger partial charge in [0.05, 0.1) is 7.11 Å². The first-order chi connectivity index (χ1) is 15.1. The molecular weight excluding hydrogens is 415 g/mol. The predicted octanol–water partition coefficient (Wildman–Crippen LogP) is 4.85. The number of halogens is 1. The summed E-state index contributed by atoms with van der Waals surface area (Å²) >= 11 is 1.40. The Morgan fingerprint density at radius 3 is 2.94 bits per heavy atom. The number of hydrogen-bond donors (Lipinski definition) is 1. The monoisotopic (exact) mass is 436 g/mol. The van der Waals surface area contributed by atoms with E-state index in [-0.39, 0.29) is 17.6 Å². The van der Waals surface area contributed by atoms with Crippen molar-refractivity contribution in [2.45, 2.75) is 18.8 Å². The van der Waals surface area contributed by atoms with Gasteiger partial charge in [-0.3, -0.25) is 4.79 Å². The number of amides is 1. The Morgan fingerprint density at radius 2 is 2.10 bits per heavy atom. The topological polar surface area (TPSA) is 71.1 Å². The number of fused-ring (bicyclic) bond motifs is 1. The van der Waals surface area contributed by atoms with E-state index in [9.17, 15) is 9.18 Å². The van der Waals surface area contributed by atoms with Crippen LogP contribution in [0.3, 0.4) is 0 Å². The maximum atomic E-state index is 14.1. The van der Waals surface area contributed by atoms with Crippen LogP contribution in [0.4, 0.5) is 4.39 Å². The number of benzene rings is 2. The minimum atomic E-state index is -0.305. The number of methoxy groups -OCH3 is 1. The fourth-order valence-corrected chi connectivity index (χ4v) is 5.02. The van der Waals surface area contributed by atoms with Gasteiger partial charge in [-0.2, -0.15) is 0 Å². The molecule has 6 nitrogen and oxygen atoms in total. The molecule has 1 atom stereocenters. The number of carbonyl (C=O) groups excluding carboxylic acids is 1. The number of likely N-dealkylation sites (tertiary alicyclic amines) is 1. The van der Waals surface area contributed by atoms with Crippen LogP contribution in [0.15, 0.2) is 48.5 Å². The second-order valence-corrected chi connectivity index (χ2v) is 8.66. The molecule has 1 amide bonds. The Kier molecular flexibility index (Phi) is 5.15. The van der Waals surface area contributed by atoms with Gasteiger partial charge in [0.2, 0.25) is 0 Å². The molecule has 1 aliphatic heterocycles. The number of carbonyl (C=O) groups is 1. The number of rotatable bonds is 4. The lowest BCUT2D eigenvalue weighted by molar-refractivity contribution is 0.0702. The number of ether oxygens (including phenoxy) is 1. The molecule has 5 rings (SSSR count). The van der Waals surface area contributed by atoms with Crippen LogP contribution in [0.2, 0.25) is 0 Å². The number of piperidine rings is 1. The van der Waals surface area contributed by atoms with Gasteiger partial charge < -0.3 is 14.6 Å². The highest BCUT2D eigenvalue weighted by Crippen LogP contribution is 2.34. The summed E-state index contributed by atoms with van der Waals surface area (Å²) < 4.78 is 19.4.